The van der Waals surface area contributed by atoms with Crippen molar-refractivity contribution in [2.75, 3.05) is 5.32 Å². The average Bonchev–Trinajstić information content (AvgIpc) is 2.47. The lowest BCUT2D eigenvalue weighted by atomic mass is 10.1. The summed E-state index contributed by atoms with van der Waals surface area (Å²) in [6.45, 7) is 0. The third-order valence-corrected chi connectivity index (χ3v) is 2.75. The van der Waals surface area contributed by atoms with Crippen molar-refractivity contribution in [3.63, 3.8) is 0 Å². The van der Waals surface area contributed by atoms with E-state index in [2.05, 4.69) is 15.5 Å². The molecule has 1 amide bonds. The molecule has 0 radical (unpaired) electrons. The molecule has 1 heterocycles. The van der Waals surface area contributed by atoms with Crippen LogP contribution in [0.15, 0.2) is 47.8 Å². The van der Waals surface area contributed by atoms with Gasteiger partial charge < -0.3 is 16.3 Å². The van der Waals surface area contributed by atoms with E-state index in [9.17, 15) is 4.79 Å². The van der Waals surface area contributed by atoms with Gasteiger partial charge in [0.05, 0.1) is 5.69 Å². The lowest BCUT2D eigenvalue weighted by Gasteiger charge is -2.10. The fourth-order valence-electron chi connectivity index (χ4n) is 1.58. The van der Waals surface area contributed by atoms with E-state index in [1.165, 1.54) is 12.3 Å². The van der Waals surface area contributed by atoms with E-state index < -0.39 is 5.91 Å². The van der Waals surface area contributed by atoms with Gasteiger partial charge in [0.25, 0.3) is 5.91 Å². The Labute approximate surface area is 119 Å². The molecule has 0 aliphatic heterocycles. The van der Waals surface area contributed by atoms with Crippen molar-refractivity contribution in [2.24, 2.45) is 10.9 Å². The number of aromatic nitrogens is 1. The van der Waals surface area contributed by atoms with Gasteiger partial charge in [0, 0.05) is 16.8 Å². The van der Waals surface area contributed by atoms with Crippen molar-refractivity contribution in [3.8, 4) is 0 Å². The van der Waals surface area contributed by atoms with Gasteiger partial charge in [-0.3, -0.25) is 9.78 Å². The fraction of sp³-hybridized carbons (Fsp3) is 0. The summed E-state index contributed by atoms with van der Waals surface area (Å²) in [7, 11) is 0. The monoisotopic (exact) mass is 290 g/mol. The average molecular weight is 291 g/mol. The summed E-state index contributed by atoms with van der Waals surface area (Å²) in [5.74, 6) is -0.544. The number of nitrogens with zero attached hydrogens (tertiary/aromatic N) is 2. The second-order valence-corrected chi connectivity index (χ2v) is 4.28. The molecule has 6 nitrogen and oxygen atoms in total. The Kier molecular flexibility index (Phi) is 4.17. The zero-order valence-corrected chi connectivity index (χ0v) is 11.0. The second-order valence-electron chi connectivity index (χ2n) is 3.84. The summed E-state index contributed by atoms with van der Waals surface area (Å²) in [4.78, 5) is 16.0. The summed E-state index contributed by atoms with van der Waals surface area (Å²) in [5, 5.41) is 14.7. The summed E-state index contributed by atoms with van der Waals surface area (Å²) < 4.78 is 0. The van der Waals surface area contributed by atoms with E-state index in [1.54, 1.807) is 30.3 Å². The molecule has 1 aromatic heterocycles. The number of anilines is 1. The molecule has 0 saturated heterocycles. The Morgan fingerprint density at radius 2 is 2.15 bits per heavy atom. The van der Waals surface area contributed by atoms with Crippen molar-refractivity contribution >= 4 is 29.0 Å². The molecule has 0 spiro atoms. The Hall–Kier alpha value is -2.60. The Morgan fingerprint density at radius 3 is 2.80 bits per heavy atom. The third-order valence-electron chi connectivity index (χ3n) is 2.51. The van der Waals surface area contributed by atoms with Crippen molar-refractivity contribution in [2.45, 2.75) is 0 Å². The smallest absolute Gasteiger partial charge is 0.274 e. The summed E-state index contributed by atoms with van der Waals surface area (Å²) in [6.07, 6.45) is 1.51. The molecule has 0 fully saturated rings. The van der Waals surface area contributed by atoms with Crippen molar-refractivity contribution < 1.29 is 10.0 Å². The Balaban J connectivity index is 2.33. The number of oxime groups is 1. The number of pyridine rings is 1. The number of amidine groups is 1. The van der Waals surface area contributed by atoms with Crippen LogP contribution in [0.3, 0.4) is 0 Å². The van der Waals surface area contributed by atoms with Gasteiger partial charge in [-0.05, 0) is 30.3 Å². The minimum Gasteiger partial charge on any atom is -0.409 e. The molecule has 20 heavy (non-hydrogen) atoms. The first-order valence-electron chi connectivity index (χ1n) is 5.61. The summed E-state index contributed by atoms with van der Waals surface area (Å²) in [6, 6.07) is 9.61. The van der Waals surface area contributed by atoms with E-state index in [0.29, 0.717) is 16.3 Å². The van der Waals surface area contributed by atoms with Crippen LogP contribution in [0, 0.1) is 0 Å². The highest BCUT2D eigenvalue weighted by Crippen LogP contribution is 2.21. The lowest BCUT2D eigenvalue weighted by Crippen LogP contribution is -2.19. The van der Waals surface area contributed by atoms with Crippen LogP contribution in [-0.2, 0) is 0 Å². The molecule has 7 heteroatoms. The molecule has 0 saturated carbocycles. The van der Waals surface area contributed by atoms with Crippen molar-refractivity contribution in [3.05, 3.63) is 58.9 Å². The zero-order valence-electron chi connectivity index (χ0n) is 10.2. The Bertz CT molecular complexity index is 659. The van der Waals surface area contributed by atoms with Crippen LogP contribution in [0.2, 0.25) is 5.02 Å². The number of nitrogens with two attached hydrogens (primary N) is 1. The topological polar surface area (TPSA) is 101 Å². The molecule has 0 bridgehead atoms. The maximum absolute atomic E-state index is 12.0. The van der Waals surface area contributed by atoms with Crippen LogP contribution in [0.4, 0.5) is 5.69 Å². The summed E-state index contributed by atoms with van der Waals surface area (Å²) in [5.41, 5.74) is 6.50. The van der Waals surface area contributed by atoms with Gasteiger partial charge >= 0.3 is 0 Å². The highest BCUT2D eigenvalue weighted by atomic mass is 35.5. The largest absolute Gasteiger partial charge is 0.409 e. The predicted octanol–water partition coefficient (Wildman–Crippen LogP) is 2.08. The molecule has 2 aromatic rings. The first-order valence-corrected chi connectivity index (χ1v) is 5.99. The number of nitrogens with one attached hydrogen (secondary N) is 1. The van der Waals surface area contributed by atoms with Gasteiger partial charge in [0.2, 0.25) is 0 Å². The molecule has 1 aromatic carbocycles. The van der Waals surface area contributed by atoms with Crippen LogP contribution in [0.1, 0.15) is 16.1 Å². The van der Waals surface area contributed by atoms with Crippen LogP contribution >= 0.6 is 11.6 Å². The van der Waals surface area contributed by atoms with E-state index in [1.807, 2.05) is 0 Å². The maximum Gasteiger partial charge on any atom is 0.274 e. The molecular weight excluding hydrogens is 280 g/mol. The Morgan fingerprint density at radius 1 is 1.35 bits per heavy atom. The number of carbonyl (C=O) groups excluding carboxylic acids is 1. The van der Waals surface area contributed by atoms with Crippen LogP contribution in [-0.4, -0.2) is 21.9 Å². The SMILES string of the molecule is NC(=NO)c1ccc(Cl)cc1NC(=O)c1ccccn1. The maximum atomic E-state index is 12.0. The molecule has 0 atom stereocenters. The second kappa shape index (κ2) is 6.03. The van der Waals surface area contributed by atoms with Crippen molar-refractivity contribution in [1.82, 2.24) is 4.98 Å². The minimum absolute atomic E-state index is 0.127. The number of amides is 1. The first-order chi connectivity index (χ1) is 9.61. The van der Waals surface area contributed by atoms with E-state index >= 15 is 0 Å². The molecule has 0 unspecified atom stereocenters. The van der Waals surface area contributed by atoms with Crippen LogP contribution in [0.5, 0.6) is 0 Å². The number of hydrogen-bond acceptors (Lipinski definition) is 4. The highest BCUT2D eigenvalue weighted by molar-refractivity contribution is 6.31. The van der Waals surface area contributed by atoms with Gasteiger partial charge in [-0.2, -0.15) is 0 Å². The van der Waals surface area contributed by atoms with Gasteiger partial charge in [-0.15, -0.1) is 0 Å². The molecular formula is C13H11ClN4O2. The van der Waals surface area contributed by atoms with Crippen molar-refractivity contribution in [1.29, 1.82) is 0 Å². The van der Waals surface area contributed by atoms with Gasteiger partial charge in [-0.1, -0.05) is 22.8 Å². The van der Waals surface area contributed by atoms with E-state index in [-0.39, 0.29) is 11.5 Å². The normalized spacial score (nSPS) is 11.2. The molecule has 102 valence electrons. The number of benzene rings is 1. The zero-order chi connectivity index (χ0) is 14.5. The number of rotatable bonds is 3. The first kappa shape index (κ1) is 13.8. The van der Waals surface area contributed by atoms with E-state index in [0.717, 1.165) is 0 Å². The van der Waals surface area contributed by atoms with Crippen LogP contribution < -0.4 is 11.1 Å². The predicted molar refractivity (Wildman–Crippen MR) is 76.2 cm³/mol. The van der Waals surface area contributed by atoms with Gasteiger partial charge in [0.1, 0.15) is 5.69 Å². The molecule has 2 rings (SSSR count). The minimum atomic E-state index is -0.417. The van der Waals surface area contributed by atoms with E-state index in [4.69, 9.17) is 22.5 Å². The number of halogens is 1. The number of carbonyl (C=O) groups is 1. The summed E-state index contributed by atoms with van der Waals surface area (Å²) >= 11 is 5.88. The van der Waals surface area contributed by atoms with Gasteiger partial charge in [-0.25, -0.2) is 0 Å². The quantitative estimate of drug-likeness (QED) is 0.349. The highest BCUT2D eigenvalue weighted by Gasteiger charge is 2.12. The number of hydrogen-bond donors (Lipinski definition) is 3. The third kappa shape index (κ3) is 3.04. The molecule has 0 aliphatic carbocycles. The standard InChI is InChI=1S/C13H11ClN4O2/c14-8-4-5-9(12(15)18-20)11(7-8)17-13(19)10-3-1-2-6-16-10/h1-7,20H,(H2,15,18)(H,17,19). The molecule has 4 N–H and O–H groups in total. The molecule has 0 aliphatic rings. The fourth-order valence-corrected chi connectivity index (χ4v) is 1.75. The van der Waals surface area contributed by atoms with Crippen LogP contribution in [0.25, 0.3) is 0 Å². The van der Waals surface area contributed by atoms with Gasteiger partial charge in [0.15, 0.2) is 5.84 Å². The lowest BCUT2D eigenvalue weighted by molar-refractivity contribution is 0.102.